The maximum Gasteiger partial charge on any atom is 0.149 e. The zero-order chi connectivity index (χ0) is 42.0. The van der Waals surface area contributed by atoms with Crippen molar-refractivity contribution >= 4 is 32.8 Å². The van der Waals surface area contributed by atoms with Crippen LogP contribution in [0.25, 0.3) is 89.1 Å². The second-order valence-electron chi connectivity index (χ2n) is 18.1. The molecule has 5 heteroatoms. The summed E-state index contributed by atoms with van der Waals surface area (Å²) in [7, 11) is 0. The average molecular weight is 793 g/mol. The van der Waals surface area contributed by atoms with E-state index < -0.39 is 0 Å². The maximum atomic E-state index is 11.4. The lowest BCUT2D eigenvalue weighted by Crippen LogP contribution is -2.12. The highest BCUT2D eigenvalue weighted by Gasteiger charge is 2.25. The summed E-state index contributed by atoms with van der Waals surface area (Å²) >= 11 is 0. The van der Waals surface area contributed by atoms with Gasteiger partial charge in [0.1, 0.15) is 11.6 Å². The Bertz CT molecular complexity index is 3270. The minimum atomic E-state index is -0.151. The highest BCUT2D eigenvalue weighted by molar-refractivity contribution is 6.09. The van der Waals surface area contributed by atoms with E-state index in [1.807, 2.05) is 24.4 Å². The first-order valence-corrected chi connectivity index (χ1v) is 21.1. The molecule has 0 radical (unpaired) electrons. The van der Waals surface area contributed by atoms with Crippen LogP contribution in [-0.4, -0.2) is 24.2 Å². The first kappa shape index (κ1) is 38.0. The highest BCUT2D eigenvalue weighted by Crippen LogP contribution is 2.43. The molecule has 0 aliphatic rings. The van der Waals surface area contributed by atoms with E-state index in [9.17, 15) is 5.11 Å². The van der Waals surface area contributed by atoms with Gasteiger partial charge in [-0.1, -0.05) is 145 Å². The van der Waals surface area contributed by atoms with Crippen molar-refractivity contribution in [1.29, 1.82) is 0 Å². The van der Waals surface area contributed by atoms with Crippen molar-refractivity contribution in [2.24, 2.45) is 0 Å². The van der Waals surface area contributed by atoms with Crippen LogP contribution in [0.15, 0.2) is 176 Å². The van der Waals surface area contributed by atoms with Crippen molar-refractivity contribution in [3.63, 3.8) is 0 Å². The average Bonchev–Trinajstić information content (AvgIpc) is 3.82. The van der Waals surface area contributed by atoms with Crippen LogP contribution in [0.5, 0.6) is 5.75 Å². The minimum Gasteiger partial charge on any atom is -0.507 e. The molecule has 0 fully saturated rings. The highest BCUT2D eigenvalue weighted by atomic mass is 16.3. The molecule has 0 aliphatic heterocycles. The first-order chi connectivity index (χ1) is 29.4. The van der Waals surface area contributed by atoms with Gasteiger partial charge >= 0.3 is 0 Å². The quantitative estimate of drug-likeness (QED) is 0.182. The Hall–Kier alpha value is -7.24. The van der Waals surface area contributed by atoms with Crippen molar-refractivity contribution in [3.05, 3.63) is 187 Å². The van der Waals surface area contributed by atoms with Gasteiger partial charge in [-0.25, -0.2) is 4.98 Å². The summed E-state index contributed by atoms with van der Waals surface area (Å²) in [5, 5.41) is 13.7. The van der Waals surface area contributed by atoms with Gasteiger partial charge in [-0.3, -0.25) is 9.55 Å². The number of fused-ring (bicyclic) bond motifs is 4. The molecular formula is C56H48N4O. The molecule has 0 saturated heterocycles. The van der Waals surface area contributed by atoms with Crippen molar-refractivity contribution < 1.29 is 5.11 Å². The van der Waals surface area contributed by atoms with Crippen LogP contribution in [0.2, 0.25) is 0 Å². The summed E-state index contributed by atoms with van der Waals surface area (Å²) in [6, 6.07) is 59.5. The van der Waals surface area contributed by atoms with Gasteiger partial charge in [0, 0.05) is 39.3 Å². The Morgan fingerprint density at radius 2 is 1.11 bits per heavy atom. The fourth-order valence-electron chi connectivity index (χ4n) is 8.71. The third kappa shape index (κ3) is 6.67. The summed E-state index contributed by atoms with van der Waals surface area (Å²) in [4.78, 5) is 10.7. The third-order valence-electron chi connectivity index (χ3n) is 12.0. The Labute approximate surface area is 357 Å². The molecule has 3 heterocycles. The molecule has 298 valence electrons. The standard InChI is InChI=1S/C56H48N4O/c1-55(2,3)39-28-29-49(45(33-39)36-18-9-7-10-19-36)60-50-26-17-24-42(53(50)58-54(60)44-23-14-16-27-52(44)61)37-30-38(32-40(31-37)56(4,5)6)47-34-51-46(35-57-47)43-22-13-15-25-48(43)59(51)41-20-11-8-12-21-41/h7-35,61H,1-6H3. The molecule has 7 aromatic carbocycles. The SMILES string of the molecule is CC(C)(C)c1cc(-c2cc3c(cn2)c2ccccc2n3-c2ccccc2)cc(-c2cccc3c2nc(-c2ccccc2O)n3-c2ccc(C(C)(C)C)cc2-c2ccccc2)c1. The Morgan fingerprint density at radius 3 is 1.87 bits per heavy atom. The molecular weight excluding hydrogens is 745 g/mol. The smallest absolute Gasteiger partial charge is 0.149 e. The predicted molar refractivity (Wildman–Crippen MR) is 254 cm³/mol. The van der Waals surface area contributed by atoms with Crippen molar-refractivity contribution in [1.82, 2.24) is 19.1 Å². The van der Waals surface area contributed by atoms with E-state index in [4.69, 9.17) is 9.97 Å². The number of imidazole rings is 1. The van der Waals surface area contributed by atoms with Crippen LogP contribution in [0, 0.1) is 0 Å². The van der Waals surface area contributed by atoms with Crippen molar-refractivity contribution in [2.45, 2.75) is 52.4 Å². The summed E-state index contributed by atoms with van der Waals surface area (Å²) in [6.07, 6.45) is 2.03. The van der Waals surface area contributed by atoms with Crippen LogP contribution in [0.1, 0.15) is 52.7 Å². The summed E-state index contributed by atoms with van der Waals surface area (Å²) in [5.41, 5.74) is 15.3. The van der Waals surface area contributed by atoms with Crippen molar-refractivity contribution in [3.8, 4) is 62.0 Å². The monoisotopic (exact) mass is 792 g/mol. The topological polar surface area (TPSA) is 55.9 Å². The van der Waals surface area contributed by atoms with Crippen LogP contribution in [0.3, 0.4) is 0 Å². The van der Waals surface area contributed by atoms with Gasteiger partial charge in [-0.2, -0.15) is 0 Å². The Kier molecular flexibility index (Phi) is 9.03. The zero-order valence-corrected chi connectivity index (χ0v) is 35.5. The number of benzene rings is 7. The van der Waals surface area contributed by atoms with E-state index in [1.165, 1.54) is 16.5 Å². The molecule has 10 rings (SSSR count). The number of aromatic nitrogens is 4. The van der Waals surface area contributed by atoms with Gasteiger partial charge in [0.05, 0.1) is 39.0 Å². The Balaban J connectivity index is 1.23. The third-order valence-corrected chi connectivity index (χ3v) is 12.0. The number of hydrogen-bond donors (Lipinski definition) is 1. The van der Waals surface area contributed by atoms with Gasteiger partial charge in [-0.15, -0.1) is 0 Å². The predicted octanol–water partition coefficient (Wildman–Crippen LogP) is 14.5. The lowest BCUT2D eigenvalue weighted by Gasteiger charge is -2.23. The second kappa shape index (κ2) is 14.5. The van der Waals surface area contributed by atoms with E-state index in [2.05, 4.69) is 196 Å². The van der Waals surface area contributed by atoms with Gasteiger partial charge in [0.15, 0.2) is 0 Å². The summed E-state index contributed by atoms with van der Waals surface area (Å²) < 4.78 is 4.57. The normalized spacial score (nSPS) is 12.2. The zero-order valence-electron chi connectivity index (χ0n) is 35.5. The number of phenols is 1. The lowest BCUT2D eigenvalue weighted by atomic mass is 9.83. The van der Waals surface area contributed by atoms with E-state index in [0.717, 1.165) is 72.3 Å². The van der Waals surface area contributed by atoms with Gasteiger partial charge < -0.3 is 9.67 Å². The van der Waals surface area contributed by atoms with E-state index in [-0.39, 0.29) is 16.6 Å². The fourth-order valence-corrected chi connectivity index (χ4v) is 8.71. The largest absolute Gasteiger partial charge is 0.507 e. The number of aromatic hydroxyl groups is 1. The van der Waals surface area contributed by atoms with Gasteiger partial charge in [-0.05, 0) is 99.8 Å². The van der Waals surface area contributed by atoms with Crippen LogP contribution >= 0.6 is 0 Å². The molecule has 3 aromatic heterocycles. The van der Waals surface area contributed by atoms with Gasteiger partial charge in [0.25, 0.3) is 0 Å². The van der Waals surface area contributed by atoms with Crippen LogP contribution < -0.4 is 0 Å². The Morgan fingerprint density at radius 1 is 0.459 bits per heavy atom. The molecule has 10 aromatic rings. The molecule has 0 amide bonds. The molecule has 5 nitrogen and oxygen atoms in total. The lowest BCUT2D eigenvalue weighted by molar-refractivity contribution is 0.477. The number of pyridine rings is 1. The molecule has 1 N–H and O–H groups in total. The van der Waals surface area contributed by atoms with Crippen molar-refractivity contribution in [2.75, 3.05) is 0 Å². The molecule has 61 heavy (non-hydrogen) atoms. The second-order valence-corrected chi connectivity index (χ2v) is 18.1. The summed E-state index contributed by atoms with van der Waals surface area (Å²) in [5.74, 6) is 0.855. The number of para-hydroxylation sites is 4. The molecule has 0 unspecified atom stereocenters. The molecule has 0 atom stereocenters. The number of phenolic OH excluding ortho intramolecular Hbond substituents is 1. The molecule has 0 aliphatic carbocycles. The van der Waals surface area contributed by atoms with E-state index in [1.54, 1.807) is 6.07 Å². The van der Waals surface area contributed by atoms with E-state index in [0.29, 0.717) is 11.4 Å². The fraction of sp³-hybridized carbons (Fsp3) is 0.143. The number of rotatable bonds is 6. The minimum absolute atomic E-state index is 0.0555. The number of nitrogens with zero attached hydrogens (tertiary/aromatic N) is 4. The molecule has 0 spiro atoms. The van der Waals surface area contributed by atoms with Gasteiger partial charge in [0.2, 0.25) is 0 Å². The maximum absolute atomic E-state index is 11.4. The van der Waals surface area contributed by atoms with Crippen LogP contribution in [-0.2, 0) is 10.8 Å². The van der Waals surface area contributed by atoms with Crippen LogP contribution in [0.4, 0.5) is 0 Å². The number of hydrogen-bond acceptors (Lipinski definition) is 3. The first-order valence-electron chi connectivity index (χ1n) is 21.1. The molecule has 0 saturated carbocycles. The summed E-state index contributed by atoms with van der Waals surface area (Å²) in [6.45, 7) is 13.5. The molecule has 0 bridgehead atoms. The van der Waals surface area contributed by atoms with E-state index >= 15 is 0 Å².